The molecule has 0 aliphatic carbocycles. The Morgan fingerprint density at radius 2 is 1.19 bits per heavy atom. The molecule has 3 nitrogen and oxygen atoms in total. The van der Waals surface area contributed by atoms with Gasteiger partial charge in [-0.25, -0.2) is 8.42 Å². The number of hydrogen-bond acceptors (Lipinski definition) is 3. The number of aryl methyl sites for hydroxylation is 3. The van der Waals surface area contributed by atoms with Crippen LogP contribution in [0.15, 0.2) is 17.0 Å². The van der Waals surface area contributed by atoms with Crippen molar-refractivity contribution in [2.45, 2.75) is 103 Å². The zero-order chi connectivity index (χ0) is 18.7. The number of hydrogen-bond donors (Lipinski definition) is 0. The molecule has 0 unspecified atom stereocenters. The first-order chi connectivity index (χ1) is 11.9. The van der Waals surface area contributed by atoms with Gasteiger partial charge in [0, 0.05) is 0 Å². The fourth-order valence-corrected chi connectivity index (χ4v) is 4.13. The van der Waals surface area contributed by atoms with Crippen LogP contribution in [-0.4, -0.2) is 13.0 Å². The first kappa shape index (κ1) is 26.1. The summed E-state index contributed by atoms with van der Waals surface area (Å²) in [4.78, 5) is 0.0112. The van der Waals surface area contributed by atoms with E-state index in [0.717, 1.165) is 44.1 Å². The van der Waals surface area contributed by atoms with Crippen molar-refractivity contribution in [3.63, 3.8) is 0 Å². The zero-order valence-corrected chi connectivity index (χ0v) is 20.1. The average molecular weight is 391 g/mol. The van der Waals surface area contributed by atoms with Crippen molar-refractivity contribution in [2.24, 2.45) is 0 Å². The Kier molecular flexibility index (Phi) is 14.2. The third kappa shape index (κ3) is 9.36. The van der Waals surface area contributed by atoms with Gasteiger partial charge in [-0.3, -0.25) is 0 Å². The molecular weight excluding hydrogens is 355 g/mol. The molecule has 0 bridgehead atoms. The van der Waals surface area contributed by atoms with E-state index >= 15 is 0 Å². The Balaban J connectivity index is 0.00000625. The van der Waals surface area contributed by atoms with Gasteiger partial charge in [-0.2, -0.15) is 0 Å². The molecule has 1 aromatic rings. The van der Waals surface area contributed by atoms with Crippen LogP contribution >= 0.6 is 0 Å². The van der Waals surface area contributed by atoms with Crippen molar-refractivity contribution in [2.75, 3.05) is 0 Å². The predicted octanol–water partition coefficient (Wildman–Crippen LogP) is 2.79. The third-order valence-electron chi connectivity index (χ3n) is 4.77. The van der Waals surface area contributed by atoms with Crippen molar-refractivity contribution in [1.82, 2.24) is 0 Å². The summed E-state index contributed by atoms with van der Waals surface area (Å²) in [6.45, 7) is 6.40. The van der Waals surface area contributed by atoms with Crippen LogP contribution in [-0.2, 0) is 29.4 Å². The Labute approximate surface area is 183 Å². The van der Waals surface area contributed by atoms with E-state index in [0.29, 0.717) is 12.0 Å². The molecule has 0 amide bonds. The molecule has 0 spiro atoms. The maximum atomic E-state index is 11.7. The number of unbranched alkanes of at least 4 members (excludes halogenated alkanes) is 6. The first-order valence-corrected chi connectivity index (χ1v) is 11.4. The van der Waals surface area contributed by atoms with E-state index < -0.39 is 10.1 Å². The normalized spacial score (nSPS) is 11.4. The Morgan fingerprint density at radius 1 is 0.692 bits per heavy atom. The average Bonchev–Trinajstić information content (AvgIpc) is 2.56. The van der Waals surface area contributed by atoms with Crippen LogP contribution < -0.4 is 29.6 Å². The summed E-state index contributed by atoms with van der Waals surface area (Å²) < 4.78 is 35.1. The standard InChI is InChI=1S/C21H36O3S.Na/c1-4-7-9-11-14-18-16-20(13-6-3)21(25(22,23)24)17-19(18)15-12-10-8-5-2;/h16-17H,4-15H2,1-3H3,(H,22,23,24);/q;+1/p-1. The molecule has 144 valence electrons. The van der Waals surface area contributed by atoms with Gasteiger partial charge in [-0.05, 0) is 54.9 Å². The largest absolute Gasteiger partial charge is 1.00 e. The van der Waals surface area contributed by atoms with E-state index in [-0.39, 0.29) is 34.5 Å². The van der Waals surface area contributed by atoms with Gasteiger partial charge >= 0.3 is 29.6 Å². The molecule has 0 atom stereocenters. The van der Waals surface area contributed by atoms with Gasteiger partial charge in [0.25, 0.3) is 0 Å². The fourth-order valence-electron chi connectivity index (χ4n) is 3.37. The zero-order valence-electron chi connectivity index (χ0n) is 17.3. The van der Waals surface area contributed by atoms with Crippen LogP contribution in [0.1, 0.15) is 95.2 Å². The molecule has 1 rings (SSSR count). The molecule has 0 fully saturated rings. The topological polar surface area (TPSA) is 57.2 Å². The maximum absolute atomic E-state index is 11.7. The summed E-state index contributed by atoms with van der Waals surface area (Å²) in [6, 6.07) is 3.70. The summed E-state index contributed by atoms with van der Waals surface area (Å²) in [6.07, 6.45) is 12.7. The quantitative estimate of drug-likeness (QED) is 0.296. The van der Waals surface area contributed by atoms with Crippen LogP contribution in [0.3, 0.4) is 0 Å². The van der Waals surface area contributed by atoms with E-state index in [1.807, 2.05) is 13.0 Å². The van der Waals surface area contributed by atoms with Crippen LogP contribution in [0.25, 0.3) is 0 Å². The Bertz CT molecular complexity index is 612. The first-order valence-electron chi connectivity index (χ1n) is 10.0. The van der Waals surface area contributed by atoms with Crippen LogP contribution in [0.2, 0.25) is 0 Å². The summed E-state index contributed by atoms with van der Waals surface area (Å²) in [5.41, 5.74) is 3.03. The molecular formula is C21H35NaO3S. The van der Waals surface area contributed by atoms with Crippen molar-refractivity contribution in [3.05, 3.63) is 28.8 Å². The molecule has 1 aromatic carbocycles. The summed E-state index contributed by atoms with van der Waals surface area (Å²) in [5, 5.41) is 0. The fraction of sp³-hybridized carbons (Fsp3) is 0.714. The molecule has 0 heterocycles. The van der Waals surface area contributed by atoms with E-state index in [9.17, 15) is 13.0 Å². The van der Waals surface area contributed by atoms with Crippen molar-refractivity contribution in [1.29, 1.82) is 0 Å². The summed E-state index contributed by atoms with van der Waals surface area (Å²) in [5.74, 6) is 0. The maximum Gasteiger partial charge on any atom is 1.00 e. The van der Waals surface area contributed by atoms with Gasteiger partial charge in [0.15, 0.2) is 0 Å². The Morgan fingerprint density at radius 3 is 1.62 bits per heavy atom. The van der Waals surface area contributed by atoms with E-state index in [1.165, 1.54) is 37.7 Å². The van der Waals surface area contributed by atoms with Crippen molar-refractivity contribution >= 4 is 10.1 Å². The predicted molar refractivity (Wildman–Crippen MR) is 104 cm³/mol. The van der Waals surface area contributed by atoms with Gasteiger partial charge in [0.05, 0.1) is 4.90 Å². The van der Waals surface area contributed by atoms with E-state index in [2.05, 4.69) is 13.8 Å². The minimum atomic E-state index is -4.41. The van der Waals surface area contributed by atoms with E-state index in [1.54, 1.807) is 6.07 Å². The second kappa shape index (κ2) is 14.2. The molecule has 26 heavy (non-hydrogen) atoms. The van der Waals surface area contributed by atoms with E-state index in [4.69, 9.17) is 0 Å². The molecule has 5 heteroatoms. The van der Waals surface area contributed by atoms with Crippen LogP contribution in [0.4, 0.5) is 0 Å². The van der Waals surface area contributed by atoms with Crippen molar-refractivity contribution in [3.8, 4) is 0 Å². The second-order valence-electron chi connectivity index (χ2n) is 7.05. The molecule has 0 saturated carbocycles. The second-order valence-corrected chi connectivity index (χ2v) is 8.40. The van der Waals surface area contributed by atoms with Gasteiger partial charge < -0.3 is 4.55 Å². The third-order valence-corrected chi connectivity index (χ3v) is 5.69. The minimum Gasteiger partial charge on any atom is -0.744 e. The minimum absolute atomic E-state index is 0. The van der Waals surface area contributed by atoms with Gasteiger partial charge in [-0.15, -0.1) is 0 Å². The molecule has 0 N–H and O–H groups in total. The van der Waals surface area contributed by atoms with Gasteiger partial charge in [0.2, 0.25) is 0 Å². The molecule has 0 radical (unpaired) electrons. The SMILES string of the molecule is CCCCCCc1cc(CCC)c(S(=O)(=O)[O-])cc1CCCCCC.[Na+]. The monoisotopic (exact) mass is 390 g/mol. The van der Waals surface area contributed by atoms with Crippen LogP contribution in [0.5, 0.6) is 0 Å². The molecule has 0 aliphatic heterocycles. The number of rotatable bonds is 13. The number of benzene rings is 1. The molecule has 0 aromatic heterocycles. The smallest absolute Gasteiger partial charge is 0.744 e. The van der Waals surface area contributed by atoms with Gasteiger partial charge in [0.1, 0.15) is 10.1 Å². The molecule has 0 saturated heterocycles. The Hall–Kier alpha value is 0.130. The van der Waals surface area contributed by atoms with Gasteiger partial charge in [-0.1, -0.05) is 71.8 Å². The van der Waals surface area contributed by atoms with Crippen molar-refractivity contribution < 1.29 is 42.5 Å². The summed E-state index contributed by atoms with van der Waals surface area (Å²) >= 11 is 0. The molecule has 0 aliphatic rings. The van der Waals surface area contributed by atoms with Crippen LogP contribution in [0, 0.1) is 0 Å². The summed E-state index contributed by atoms with van der Waals surface area (Å²) in [7, 11) is -4.41.